The average molecular weight is 426 g/mol. The Balaban J connectivity index is 1.90. The van der Waals surface area contributed by atoms with Crippen LogP contribution in [0, 0.1) is 6.92 Å². The molecule has 2 amide bonds. The van der Waals surface area contributed by atoms with Gasteiger partial charge in [0.25, 0.3) is 5.91 Å². The van der Waals surface area contributed by atoms with Gasteiger partial charge in [0.2, 0.25) is 5.91 Å². The van der Waals surface area contributed by atoms with Crippen LogP contribution in [-0.4, -0.2) is 41.0 Å². The average Bonchev–Trinajstić information content (AvgIpc) is 2.98. The lowest BCUT2D eigenvalue weighted by Gasteiger charge is -2.19. The molecular formula is C19H24ClN3O4S. The molecule has 0 aliphatic carbocycles. The number of nitrogens with zero attached hydrogens (tertiary/aromatic N) is 2. The monoisotopic (exact) mass is 425 g/mol. The first-order valence-corrected chi connectivity index (χ1v) is 10.3. The molecule has 0 aliphatic heterocycles. The first kappa shape index (κ1) is 22.0. The molecule has 7 nitrogen and oxygen atoms in total. The third kappa shape index (κ3) is 5.84. The van der Waals surface area contributed by atoms with Crippen molar-refractivity contribution < 1.29 is 14.3 Å². The number of amides is 2. The molecule has 0 aliphatic rings. The van der Waals surface area contributed by atoms with E-state index in [0.29, 0.717) is 36.1 Å². The van der Waals surface area contributed by atoms with Gasteiger partial charge in [-0.05, 0) is 39.0 Å². The molecule has 0 saturated carbocycles. The highest BCUT2D eigenvalue weighted by Gasteiger charge is 2.12. The van der Waals surface area contributed by atoms with Gasteiger partial charge < -0.3 is 19.5 Å². The molecule has 1 N–H and O–H groups in total. The van der Waals surface area contributed by atoms with Crippen molar-refractivity contribution >= 4 is 40.4 Å². The number of aryl methyl sites for hydroxylation is 1. The van der Waals surface area contributed by atoms with Crippen LogP contribution in [0.15, 0.2) is 28.4 Å². The lowest BCUT2D eigenvalue weighted by Crippen LogP contribution is -2.34. The van der Waals surface area contributed by atoms with Gasteiger partial charge in [-0.1, -0.05) is 22.9 Å². The third-order valence-electron chi connectivity index (χ3n) is 4.22. The second-order valence-electron chi connectivity index (χ2n) is 6.09. The summed E-state index contributed by atoms with van der Waals surface area (Å²) in [5, 5.41) is 4.82. The summed E-state index contributed by atoms with van der Waals surface area (Å²) in [4.78, 5) is 37.4. The lowest BCUT2D eigenvalue weighted by atomic mass is 10.3. The number of hydrogen-bond donors (Lipinski definition) is 1. The summed E-state index contributed by atoms with van der Waals surface area (Å²) in [6.45, 7) is 7.11. The standard InChI is InChI=1S/C19H24ClN3O4S/c1-4-22(5-2)18(25)11-27-16-7-6-14(10-15(16)20)21-17(24)8-9-23-13(3)12-28-19(23)26/h6-7,10,12H,4-5,8-9,11H2,1-3H3,(H,21,24). The Morgan fingerprint density at radius 2 is 2.00 bits per heavy atom. The summed E-state index contributed by atoms with van der Waals surface area (Å²) < 4.78 is 7.06. The molecule has 28 heavy (non-hydrogen) atoms. The Hall–Kier alpha value is -2.32. The molecule has 0 fully saturated rings. The van der Waals surface area contributed by atoms with Gasteiger partial charge in [0, 0.05) is 42.8 Å². The van der Waals surface area contributed by atoms with Crippen LogP contribution in [0.25, 0.3) is 0 Å². The molecule has 0 saturated heterocycles. The number of likely N-dealkylation sites (N-methyl/N-ethyl adjacent to an activating group) is 1. The van der Waals surface area contributed by atoms with Crippen molar-refractivity contribution in [3.05, 3.63) is 44.0 Å². The quantitative estimate of drug-likeness (QED) is 0.669. The lowest BCUT2D eigenvalue weighted by molar-refractivity contribution is -0.133. The minimum Gasteiger partial charge on any atom is -0.482 e. The molecule has 152 valence electrons. The molecule has 1 heterocycles. The van der Waals surface area contributed by atoms with Crippen molar-refractivity contribution in [2.75, 3.05) is 25.0 Å². The smallest absolute Gasteiger partial charge is 0.307 e. The van der Waals surface area contributed by atoms with Gasteiger partial charge in [-0.15, -0.1) is 0 Å². The van der Waals surface area contributed by atoms with Crippen molar-refractivity contribution in [2.24, 2.45) is 0 Å². The van der Waals surface area contributed by atoms with Crippen LogP contribution in [-0.2, 0) is 16.1 Å². The predicted molar refractivity (Wildman–Crippen MR) is 111 cm³/mol. The minimum atomic E-state index is -0.223. The SMILES string of the molecule is CCN(CC)C(=O)COc1ccc(NC(=O)CCn2c(C)csc2=O)cc1Cl. The van der Waals surface area contributed by atoms with Crippen molar-refractivity contribution in [2.45, 2.75) is 33.7 Å². The first-order chi connectivity index (χ1) is 13.3. The number of carbonyl (C=O) groups excluding carboxylic acids is 2. The number of halogens is 1. The van der Waals surface area contributed by atoms with E-state index < -0.39 is 0 Å². The van der Waals surface area contributed by atoms with Crippen molar-refractivity contribution in [3.63, 3.8) is 0 Å². The maximum absolute atomic E-state index is 12.1. The zero-order chi connectivity index (χ0) is 20.7. The molecule has 0 radical (unpaired) electrons. The highest BCUT2D eigenvalue weighted by atomic mass is 35.5. The van der Waals surface area contributed by atoms with E-state index in [9.17, 15) is 14.4 Å². The van der Waals surface area contributed by atoms with Crippen LogP contribution >= 0.6 is 22.9 Å². The Labute approximate surface area is 172 Å². The second-order valence-corrected chi connectivity index (χ2v) is 7.32. The Bertz CT molecular complexity index is 890. The van der Waals surface area contributed by atoms with E-state index in [1.165, 1.54) is 0 Å². The maximum Gasteiger partial charge on any atom is 0.307 e. The van der Waals surface area contributed by atoms with Crippen LogP contribution in [0.3, 0.4) is 0 Å². The first-order valence-electron chi connectivity index (χ1n) is 9.00. The molecule has 0 spiro atoms. The summed E-state index contributed by atoms with van der Waals surface area (Å²) in [5.74, 6) is 0.0389. The van der Waals surface area contributed by atoms with Crippen molar-refractivity contribution in [1.29, 1.82) is 0 Å². The summed E-state index contributed by atoms with van der Waals surface area (Å²) >= 11 is 7.32. The number of nitrogens with one attached hydrogen (secondary N) is 1. The third-order valence-corrected chi connectivity index (χ3v) is 5.40. The van der Waals surface area contributed by atoms with Gasteiger partial charge in [-0.3, -0.25) is 14.4 Å². The Kier molecular flexibility index (Phi) is 8.07. The summed E-state index contributed by atoms with van der Waals surface area (Å²) in [5.41, 5.74) is 1.36. The number of carbonyl (C=O) groups is 2. The van der Waals surface area contributed by atoms with E-state index in [-0.39, 0.29) is 29.7 Å². The summed E-state index contributed by atoms with van der Waals surface area (Å²) in [7, 11) is 0. The number of rotatable bonds is 9. The van der Waals surface area contributed by atoms with Crippen LogP contribution < -0.4 is 14.9 Å². The van der Waals surface area contributed by atoms with E-state index in [1.54, 1.807) is 33.0 Å². The number of anilines is 1. The molecule has 0 unspecified atom stereocenters. The van der Waals surface area contributed by atoms with E-state index in [0.717, 1.165) is 17.0 Å². The highest BCUT2D eigenvalue weighted by molar-refractivity contribution is 7.07. The molecule has 2 aromatic rings. The van der Waals surface area contributed by atoms with E-state index in [1.807, 2.05) is 20.8 Å². The Morgan fingerprint density at radius 1 is 1.29 bits per heavy atom. The number of benzene rings is 1. The van der Waals surface area contributed by atoms with Crippen molar-refractivity contribution in [1.82, 2.24) is 9.47 Å². The molecular weight excluding hydrogens is 402 g/mol. The fourth-order valence-electron chi connectivity index (χ4n) is 2.61. The van der Waals surface area contributed by atoms with Gasteiger partial charge >= 0.3 is 4.87 Å². The molecule has 0 bridgehead atoms. The van der Waals surface area contributed by atoms with Crippen molar-refractivity contribution in [3.8, 4) is 5.75 Å². The fourth-order valence-corrected chi connectivity index (χ4v) is 3.61. The molecule has 9 heteroatoms. The van der Waals surface area contributed by atoms with Gasteiger partial charge in [0.05, 0.1) is 5.02 Å². The summed E-state index contributed by atoms with van der Waals surface area (Å²) in [6.07, 6.45) is 0.172. The maximum atomic E-state index is 12.1. The number of thiazole rings is 1. The number of hydrogen-bond acceptors (Lipinski definition) is 5. The second kappa shape index (κ2) is 10.3. The normalized spacial score (nSPS) is 10.6. The highest BCUT2D eigenvalue weighted by Crippen LogP contribution is 2.27. The minimum absolute atomic E-state index is 0.0749. The molecule has 1 aromatic carbocycles. The predicted octanol–water partition coefficient (Wildman–Crippen LogP) is 3.15. The van der Waals surface area contributed by atoms with Gasteiger partial charge in [0.15, 0.2) is 6.61 Å². The fraction of sp³-hybridized carbons (Fsp3) is 0.421. The Morgan fingerprint density at radius 3 is 2.57 bits per heavy atom. The molecule has 1 aromatic heterocycles. The van der Waals surface area contributed by atoms with Gasteiger partial charge in [-0.2, -0.15) is 0 Å². The molecule has 0 atom stereocenters. The van der Waals surface area contributed by atoms with E-state index in [2.05, 4.69) is 5.32 Å². The largest absolute Gasteiger partial charge is 0.482 e. The van der Waals surface area contributed by atoms with Crippen LogP contribution in [0.2, 0.25) is 5.02 Å². The van der Waals surface area contributed by atoms with Gasteiger partial charge in [-0.25, -0.2) is 0 Å². The van der Waals surface area contributed by atoms with Gasteiger partial charge in [0.1, 0.15) is 5.75 Å². The zero-order valence-electron chi connectivity index (χ0n) is 16.2. The number of ether oxygens (including phenoxy) is 1. The van der Waals surface area contributed by atoms with E-state index >= 15 is 0 Å². The van der Waals surface area contributed by atoms with Crippen LogP contribution in [0.4, 0.5) is 5.69 Å². The van der Waals surface area contributed by atoms with Crippen LogP contribution in [0.1, 0.15) is 26.0 Å². The summed E-state index contributed by atoms with van der Waals surface area (Å²) in [6, 6.07) is 4.84. The number of aromatic nitrogens is 1. The van der Waals surface area contributed by atoms with Crippen LogP contribution in [0.5, 0.6) is 5.75 Å². The zero-order valence-corrected chi connectivity index (χ0v) is 17.7. The topological polar surface area (TPSA) is 80.6 Å². The molecule has 2 rings (SSSR count). The van der Waals surface area contributed by atoms with E-state index in [4.69, 9.17) is 16.3 Å².